The van der Waals surface area contributed by atoms with E-state index in [-0.39, 0.29) is 11.4 Å². The van der Waals surface area contributed by atoms with Crippen molar-refractivity contribution in [2.75, 3.05) is 7.11 Å². The van der Waals surface area contributed by atoms with Crippen molar-refractivity contribution in [3.63, 3.8) is 0 Å². The summed E-state index contributed by atoms with van der Waals surface area (Å²) >= 11 is 0. The van der Waals surface area contributed by atoms with Crippen molar-refractivity contribution in [2.45, 2.75) is 57.9 Å². The number of methoxy groups -OCH3 is 1. The molecule has 1 atom stereocenters. The van der Waals surface area contributed by atoms with Crippen molar-refractivity contribution in [1.29, 1.82) is 0 Å². The summed E-state index contributed by atoms with van der Waals surface area (Å²) in [6.07, 6.45) is 6.45. The largest absolute Gasteiger partial charge is 0.467 e. The van der Waals surface area contributed by atoms with Gasteiger partial charge >= 0.3 is 5.97 Å². The lowest BCUT2D eigenvalue weighted by atomic mass is 9.66. The van der Waals surface area contributed by atoms with Crippen molar-refractivity contribution in [1.82, 2.24) is 0 Å². The van der Waals surface area contributed by atoms with Crippen LogP contribution in [0.3, 0.4) is 0 Å². The summed E-state index contributed by atoms with van der Waals surface area (Å²) in [4.78, 5) is 19.2. The molecule has 0 aliphatic heterocycles. The third-order valence-electron chi connectivity index (χ3n) is 7.19. The molecule has 176 valence electrons. The van der Waals surface area contributed by atoms with Gasteiger partial charge in [-0.25, -0.2) is 4.79 Å². The number of ether oxygens (including phenoxy) is 1. The zero-order valence-corrected chi connectivity index (χ0v) is 20.6. The van der Waals surface area contributed by atoms with Crippen LogP contribution in [0.5, 0.6) is 0 Å². The first kappa shape index (κ1) is 23.9. The molecular formula is C31H35NO2. The van der Waals surface area contributed by atoms with Crippen LogP contribution < -0.4 is 0 Å². The van der Waals surface area contributed by atoms with Crippen molar-refractivity contribution >= 4 is 11.7 Å². The van der Waals surface area contributed by atoms with E-state index in [0.717, 1.165) is 40.8 Å². The minimum Gasteiger partial charge on any atom is -0.467 e. The molecule has 34 heavy (non-hydrogen) atoms. The van der Waals surface area contributed by atoms with E-state index in [2.05, 4.69) is 62.4 Å². The second kappa shape index (κ2) is 10.4. The molecule has 1 fully saturated rings. The summed E-state index contributed by atoms with van der Waals surface area (Å²) in [7, 11) is 1.48. The molecule has 4 rings (SSSR count). The van der Waals surface area contributed by atoms with Crippen molar-refractivity contribution in [2.24, 2.45) is 10.4 Å². The number of hydrogen-bond donors (Lipinski definition) is 0. The Bertz CT molecular complexity index is 1070. The Morgan fingerprint density at radius 2 is 1.38 bits per heavy atom. The average molecular weight is 454 g/mol. The van der Waals surface area contributed by atoms with E-state index < -0.39 is 5.54 Å². The number of carbonyl (C=O) groups is 1. The second-order valence-electron chi connectivity index (χ2n) is 9.96. The predicted molar refractivity (Wildman–Crippen MR) is 139 cm³/mol. The molecule has 0 heterocycles. The van der Waals surface area contributed by atoms with Gasteiger partial charge in [0.25, 0.3) is 0 Å². The zero-order valence-electron chi connectivity index (χ0n) is 20.6. The maximum Gasteiger partial charge on any atom is 0.338 e. The number of aryl methyl sites for hydroxylation is 1. The van der Waals surface area contributed by atoms with Crippen LogP contribution in [0.15, 0.2) is 89.9 Å². The number of carbonyl (C=O) groups excluding carboxylic acids is 1. The van der Waals surface area contributed by atoms with Crippen molar-refractivity contribution in [3.8, 4) is 0 Å². The van der Waals surface area contributed by atoms with Crippen LogP contribution in [-0.2, 0) is 15.1 Å². The first-order valence-electron chi connectivity index (χ1n) is 12.3. The summed E-state index contributed by atoms with van der Waals surface area (Å²) in [5.41, 5.74) is 3.72. The standard InChI is InChI=1S/C31H35NO2/c1-24-17-19-27(20-18-24)31(29(33)34-3,23-30(2)21-11-6-12-22-30)32-28(25-13-7-4-8-14-25)26-15-9-5-10-16-26/h4-5,7-10,13-20H,6,11-12,21-23H2,1-3H3. The molecule has 3 nitrogen and oxygen atoms in total. The van der Waals surface area contributed by atoms with Gasteiger partial charge in [0, 0.05) is 11.1 Å². The van der Waals surface area contributed by atoms with Crippen LogP contribution in [0.1, 0.15) is 67.7 Å². The van der Waals surface area contributed by atoms with E-state index >= 15 is 0 Å². The number of nitrogens with zero attached hydrogens (tertiary/aromatic N) is 1. The lowest BCUT2D eigenvalue weighted by molar-refractivity contribution is -0.149. The molecule has 0 N–H and O–H groups in total. The highest BCUT2D eigenvalue weighted by Crippen LogP contribution is 2.47. The van der Waals surface area contributed by atoms with Crippen LogP contribution >= 0.6 is 0 Å². The van der Waals surface area contributed by atoms with Crippen LogP contribution in [0.2, 0.25) is 0 Å². The monoisotopic (exact) mass is 453 g/mol. The van der Waals surface area contributed by atoms with Gasteiger partial charge < -0.3 is 4.74 Å². The van der Waals surface area contributed by atoms with Gasteiger partial charge in [-0.15, -0.1) is 0 Å². The van der Waals surface area contributed by atoms with Crippen LogP contribution in [0, 0.1) is 12.3 Å². The fourth-order valence-electron chi connectivity index (χ4n) is 5.32. The van der Waals surface area contributed by atoms with Gasteiger partial charge in [-0.1, -0.05) is 117 Å². The van der Waals surface area contributed by atoms with E-state index in [9.17, 15) is 4.79 Å². The van der Waals surface area contributed by atoms with Gasteiger partial charge in [-0.2, -0.15) is 0 Å². The molecule has 0 spiro atoms. The highest BCUT2D eigenvalue weighted by Gasteiger charge is 2.47. The zero-order chi connectivity index (χ0) is 24.0. The minimum absolute atomic E-state index is 0.0132. The van der Waals surface area contributed by atoms with E-state index in [1.165, 1.54) is 26.4 Å². The maximum absolute atomic E-state index is 13.8. The van der Waals surface area contributed by atoms with Gasteiger partial charge in [-0.3, -0.25) is 4.99 Å². The fourth-order valence-corrected chi connectivity index (χ4v) is 5.32. The van der Waals surface area contributed by atoms with E-state index in [0.29, 0.717) is 6.42 Å². The normalized spacial score (nSPS) is 16.8. The van der Waals surface area contributed by atoms with Crippen molar-refractivity contribution in [3.05, 3.63) is 107 Å². The Morgan fingerprint density at radius 3 is 1.88 bits per heavy atom. The molecule has 0 amide bonds. The van der Waals surface area contributed by atoms with Crippen LogP contribution in [0.4, 0.5) is 0 Å². The molecule has 0 radical (unpaired) electrons. The molecule has 3 aromatic carbocycles. The first-order valence-corrected chi connectivity index (χ1v) is 12.3. The number of rotatable bonds is 7. The molecule has 1 aliphatic carbocycles. The number of aliphatic imine (C=N–C) groups is 1. The van der Waals surface area contributed by atoms with Gasteiger partial charge in [0.15, 0.2) is 5.54 Å². The first-order chi connectivity index (χ1) is 16.5. The summed E-state index contributed by atoms with van der Waals surface area (Å²) in [6, 6.07) is 28.5. The molecule has 0 bridgehead atoms. The third-order valence-corrected chi connectivity index (χ3v) is 7.19. The number of benzene rings is 3. The van der Waals surface area contributed by atoms with Gasteiger partial charge in [0.2, 0.25) is 0 Å². The Labute approximate surface area is 203 Å². The van der Waals surface area contributed by atoms with E-state index in [1.54, 1.807) is 0 Å². The van der Waals surface area contributed by atoms with Gasteiger partial charge in [0.05, 0.1) is 12.8 Å². The van der Waals surface area contributed by atoms with Crippen LogP contribution in [-0.4, -0.2) is 18.8 Å². The molecule has 1 aliphatic rings. The Balaban J connectivity index is 1.98. The van der Waals surface area contributed by atoms with Crippen LogP contribution in [0.25, 0.3) is 0 Å². The van der Waals surface area contributed by atoms with Crippen molar-refractivity contribution < 1.29 is 9.53 Å². The molecule has 3 aromatic rings. The predicted octanol–water partition coefficient (Wildman–Crippen LogP) is 7.26. The number of hydrogen-bond acceptors (Lipinski definition) is 3. The minimum atomic E-state index is -1.13. The van der Waals surface area contributed by atoms with E-state index in [1.807, 2.05) is 36.4 Å². The smallest absolute Gasteiger partial charge is 0.338 e. The molecule has 1 unspecified atom stereocenters. The molecule has 3 heteroatoms. The molecule has 0 saturated heterocycles. The molecule has 0 aromatic heterocycles. The number of esters is 1. The summed E-state index contributed by atoms with van der Waals surface area (Å²) < 4.78 is 5.51. The Morgan fingerprint density at radius 1 is 0.853 bits per heavy atom. The molecular weight excluding hydrogens is 418 g/mol. The lowest BCUT2D eigenvalue weighted by Crippen LogP contribution is -2.42. The van der Waals surface area contributed by atoms with Gasteiger partial charge in [-0.05, 0) is 37.2 Å². The summed E-state index contributed by atoms with van der Waals surface area (Å²) in [5.74, 6) is -0.299. The highest BCUT2D eigenvalue weighted by atomic mass is 16.5. The average Bonchev–Trinajstić information content (AvgIpc) is 2.88. The SMILES string of the molecule is COC(=O)C(CC1(C)CCCCC1)(N=C(c1ccccc1)c1ccccc1)c1ccc(C)cc1. The Hall–Kier alpha value is -3.20. The fraction of sp³-hybridized carbons (Fsp3) is 0.355. The quantitative estimate of drug-likeness (QED) is 0.279. The highest BCUT2D eigenvalue weighted by molar-refractivity contribution is 6.14. The van der Waals surface area contributed by atoms with Gasteiger partial charge in [0.1, 0.15) is 0 Å². The summed E-state index contributed by atoms with van der Waals surface area (Å²) in [6.45, 7) is 4.38. The Kier molecular flexibility index (Phi) is 7.31. The lowest BCUT2D eigenvalue weighted by Gasteiger charge is -2.41. The maximum atomic E-state index is 13.8. The topological polar surface area (TPSA) is 38.7 Å². The third kappa shape index (κ3) is 5.14. The van der Waals surface area contributed by atoms with E-state index in [4.69, 9.17) is 9.73 Å². The molecule has 1 saturated carbocycles. The second-order valence-corrected chi connectivity index (χ2v) is 9.96. The summed E-state index contributed by atoms with van der Waals surface area (Å²) in [5, 5.41) is 0.